The van der Waals surface area contributed by atoms with Gasteiger partial charge in [-0.15, -0.1) is 0 Å². The van der Waals surface area contributed by atoms with Crippen molar-refractivity contribution in [3.05, 3.63) is 71.6 Å². The molecule has 0 saturated heterocycles. The summed E-state index contributed by atoms with van der Waals surface area (Å²) in [6, 6.07) is 16.6. The number of thiophene rings is 1. The van der Waals surface area contributed by atoms with Gasteiger partial charge in [-0.25, -0.2) is 0 Å². The number of fused-ring (bicyclic) bond motifs is 4. The third-order valence-electron chi connectivity index (χ3n) is 9.05. The predicted octanol–water partition coefficient (Wildman–Crippen LogP) is 11.7. The van der Waals surface area contributed by atoms with E-state index in [1.165, 1.54) is 42.0 Å². The van der Waals surface area contributed by atoms with Crippen molar-refractivity contribution in [2.75, 3.05) is 0 Å². The number of aryl methyl sites for hydroxylation is 1. The van der Waals surface area contributed by atoms with E-state index in [1.54, 1.807) is 0 Å². The van der Waals surface area contributed by atoms with E-state index < -0.39 is 13.3 Å². The molecule has 0 atom stereocenters. The molecule has 0 bridgehead atoms. The van der Waals surface area contributed by atoms with Gasteiger partial charge in [0.15, 0.2) is 5.78 Å². The normalized spacial score (nSPS) is 12.6. The number of rotatable bonds is 9. The third kappa shape index (κ3) is 8.50. The molecule has 0 unspecified atom stereocenters. The molecule has 0 spiro atoms. The average molecular weight is 892 g/mol. The summed E-state index contributed by atoms with van der Waals surface area (Å²) >= 11 is -0.242. The molecule has 7 heteroatoms. The van der Waals surface area contributed by atoms with E-state index in [2.05, 4.69) is 87.4 Å². The second-order valence-electron chi connectivity index (χ2n) is 14.5. The number of carbonyl (C=O) groups excluding carboxylic acids is 1. The second-order valence-corrected chi connectivity index (χ2v) is 25.9. The van der Waals surface area contributed by atoms with E-state index >= 15 is 0 Å². The first-order valence-electron chi connectivity index (χ1n) is 16.9. The van der Waals surface area contributed by atoms with Gasteiger partial charge in [-0.05, 0) is 25.7 Å². The van der Waals surface area contributed by atoms with Crippen LogP contribution in [0.3, 0.4) is 0 Å². The van der Waals surface area contributed by atoms with Gasteiger partial charge in [0, 0.05) is 38.0 Å². The van der Waals surface area contributed by atoms with E-state index in [9.17, 15) is 9.90 Å². The number of hydrogen-bond donors (Lipinski definition) is 1. The molecular formula is C40H52GeIrNO3S-. The topological polar surface area (TPSA) is 63.3 Å². The van der Waals surface area contributed by atoms with Crippen LogP contribution in [0.4, 0.5) is 0 Å². The Labute approximate surface area is 302 Å². The first-order chi connectivity index (χ1) is 21.7. The van der Waals surface area contributed by atoms with Crippen molar-refractivity contribution in [3.8, 4) is 11.3 Å². The Morgan fingerprint density at radius 1 is 0.979 bits per heavy atom. The summed E-state index contributed by atoms with van der Waals surface area (Å²) in [5.74, 6) is 7.72. The number of allylic oxidation sites excluding steroid dienone is 2. The molecule has 2 aromatic carbocycles. The van der Waals surface area contributed by atoms with Gasteiger partial charge in [0.25, 0.3) is 0 Å². The number of furan rings is 1. The first-order valence-corrected chi connectivity index (χ1v) is 25.0. The third-order valence-corrected chi connectivity index (χ3v) is 14.2. The standard InChI is InChI=1S/C27H28GeNOS.C13H24O2.Ir/c1-16-24-23(30-26(16)28(5,6)7)20-12-13-29-22(25(20)31-24)18-14-17-10-8-9-11-19(17)21(15-18)27(2,3)4;1-5-10(6-2)12(14)9-13(15)11(7-3)8-4;/h8-13,15H,1-7H3;9-11,14H,5-8H2,1-4H3;/q-1;;/b;12-9-;. The Bertz CT molecular complexity index is 1860. The van der Waals surface area contributed by atoms with Crippen LogP contribution in [-0.2, 0) is 30.3 Å². The van der Waals surface area contributed by atoms with Crippen molar-refractivity contribution in [1.29, 1.82) is 0 Å². The Morgan fingerprint density at radius 3 is 2.17 bits per heavy atom. The number of carbonyl (C=O) groups is 1. The number of aliphatic hydroxyl groups excluding tert-OH is 1. The monoisotopic (exact) mass is 893 g/mol. The Hall–Kier alpha value is -2.25. The van der Waals surface area contributed by atoms with Crippen LogP contribution in [0.5, 0.6) is 0 Å². The van der Waals surface area contributed by atoms with Gasteiger partial charge in [0.2, 0.25) is 0 Å². The van der Waals surface area contributed by atoms with Crippen LogP contribution in [0.2, 0.25) is 17.3 Å². The van der Waals surface area contributed by atoms with E-state index in [0.717, 1.165) is 47.9 Å². The molecule has 3 heterocycles. The van der Waals surface area contributed by atoms with E-state index in [1.807, 2.05) is 45.2 Å². The second kappa shape index (κ2) is 16.0. The van der Waals surface area contributed by atoms with Crippen molar-refractivity contribution in [3.63, 3.8) is 0 Å². The fourth-order valence-electron chi connectivity index (χ4n) is 6.30. The number of aliphatic hydroxyl groups is 1. The molecule has 0 aliphatic rings. The number of nitrogens with zero attached hydrogens (tertiary/aromatic N) is 1. The van der Waals surface area contributed by atoms with Crippen LogP contribution >= 0.6 is 11.3 Å². The summed E-state index contributed by atoms with van der Waals surface area (Å²) in [6.07, 6.45) is 6.82. The zero-order valence-electron chi connectivity index (χ0n) is 30.1. The maximum absolute atomic E-state index is 11.7. The molecule has 0 amide bonds. The quantitative estimate of drug-likeness (QED) is 0.0693. The summed E-state index contributed by atoms with van der Waals surface area (Å²) in [5, 5.41) is 13.3. The maximum Gasteiger partial charge on any atom is 0 e. The smallest absolute Gasteiger partial charge is 0 e. The predicted molar refractivity (Wildman–Crippen MR) is 201 cm³/mol. The SMILES string of the molecule is CCC(CC)C(=O)/C=C(\O)C(CC)CC.Cc1[c]([Ge]([CH3])([CH3])[CH3])oc2c1sc1c(-c3[c-]c4ccccc4c(C(C)(C)C)c3)nccc12.[Ir]. The van der Waals surface area contributed by atoms with E-state index in [0.29, 0.717) is 0 Å². The Kier molecular flexibility index (Phi) is 13.3. The molecule has 1 radical (unpaired) electrons. The van der Waals surface area contributed by atoms with Crippen LogP contribution in [0.25, 0.3) is 42.4 Å². The minimum atomic E-state index is -2.06. The molecule has 3 aromatic heterocycles. The van der Waals surface area contributed by atoms with Gasteiger partial charge >= 0.3 is 191 Å². The van der Waals surface area contributed by atoms with Crippen LogP contribution < -0.4 is 4.59 Å². The van der Waals surface area contributed by atoms with Gasteiger partial charge in [-0.2, -0.15) is 0 Å². The average Bonchev–Trinajstić information content (AvgIpc) is 3.54. The number of aromatic nitrogens is 1. The van der Waals surface area contributed by atoms with Gasteiger partial charge in [0.1, 0.15) is 0 Å². The van der Waals surface area contributed by atoms with Crippen LogP contribution in [0, 0.1) is 24.8 Å². The van der Waals surface area contributed by atoms with Crippen LogP contribution in [-0.4, -0.2) is 29.1 Å². The van der Waals surface area contributed by atoms with Crippen molar-refractivity contribution in [1.82, 2.24) is 4.98 Å². The fraction of sp³-hybridized carbons (Fsp3) is 0.450. The number of benzene rings is 2. The largest absolute Gasteiger partial charge is 0 e. The fourth-order valence-corrected chi connectivity index (χ4v) is 11.2. The van der Waals surface area contributed by atoms with Gasteiger partial charge < -0.3 is 5.11 Å². The number of pyridine rings is 1. The van der Waals surface area contributed by atoms with Gasteiger partial charge in [-0.3, -0.25) is 4.79 Å². The Morgan fingerprint density at radius 2 is 1.60 bits per heavy atom. The molecule has 5 rings (SSSR count). The summed E-state index contributed by atoms with van der Waals surface area (Å²) in [4.78, 5) is 16.5. The minimum absolute atomic E-state index is 0. The van der Waals surface area contributed by atoms with Crippen molar-refractivity contribution >= 4 is 66.1 Å². The van der Waals surface area contributed by atoms with Crippen molar-refractivity contribution in [2.24, 2.45) is 11.8 Å². The van der Waals surface area contributed by atoms with E-state index in [-0.39, 0.29) is 48.9 Å². The maximum atomic E-state index is 11.7. The molecule has 255 valence electrons. The summed E-state index contributed by atoms with van der Waals surface area (Å²) in [6.45, 7) is 17.1. The molecule has 4 nitrogen and oxygen atoms in total. The molecule has 0 saturated carbocycles. The molecule has 1 N–H and O–H groups in total. The van der Waals surface area contributed by atoms with Gasteiger partial charge in [-0.1, -0.05) is 27.7 Å². The number of hydrogen-bond acceptors (Lipinski definition) is 5. The number of ketones is 1. The summed E-state index contributed by atoms with van der Waals surface area (Å²) < 4.78 is 10.2. The zero-order valence-corrected chi connectivity index (χ0v) is 35.4. The molecule has 0 aliphatic heterocycles. The molecule has 47 heavy (non-hydrogen) atoms. The summed E-state index contributed by atoms with van der Waals surface area (Å²) in [5.41, 5.74) is 5.79. The van der Waals surface area contributed by atoms with Crippen LogP contribution in [0.1, 0.15) is 85.3 Å². The van der Waals surface area contributed by atoms with E-state index in [4.69, 9.17) is 9.40 Å². The molecule has 5 aromatic rings. The zero-order chi connectivity index (χ0) is 34.0. The minimum Gasteiger partial charge on any atom is 0 e. The first kappa shape index (κ1) is 39.2. The summed E-state index contributed by atoms with van der Waals surface area (Å²) in [7, 11) is 0. The molecule has 0 aliphatic carbocycles. The van der Waals surface area contributed by atoms with Crippen LogP contribution in [0.15, 0.2) is 58.8 Å². The molecule has 0 fully saturated rings. The van der Waals surface area contributed by atoms with Crippen molar-refractivity contribution in [2.45, 2.75) is 104 Å². The molecular weight excluding hydrogens is 839 g/mol. The Balaban J connectivity index is 0.000000322. The van der Waals surface area contributed by atoms with Crippen molar-refractivity contribution < 1.29 is 34.4 Å². The van der Waals surface area contributed by atoms with Gasteiger partial charge in [0.05, 0.1) is 5.76 Å².